The van der Waals surface area contributed by atoms with Crippen LogP contribution in [0.2, 0.25) is 0 Å². The van der Waals surface area contributed by atoms with Crippen LogP contribution in [-0.2, 0) is 28.5 Å². The molecule has 6 heteroatoms. The molecule has 0 N–H and O–H groups in total. The topological polar surface area (TPSA) is 63.2 Å². The Kier molecular flexibility index (Phi) is 4.15. The van der Waals surface area contributed by atoms with Crippen LogP contribution >= 0.6 is 0 Å². The molecule has 4 aliphatic rings. The monoisotopic (exact) mass is 340 g/mol. The first-order chi connectivity index (χ1) is 11.6. The number of esters is 1. The predicted octanol–water partition coefficient (Wildman–Crippen LogP) is 2.25. The molecule has 6 nitrogen and oxygen atoms in total. The summed E-state index contributed by atoms with van der Waals surface area (Å²) in [6, 6.07) is 0. The van der Waals surface area contributed by atoms with Gasteiger partial charge in [0.15, 0.2) is 11.6 Å². The van der Waals surface area contributed by atoms with Crippen molar-refractivity contribution in [3.63, 3.8) is 0 Å². The normalized spacial score (nSPS) is 39.4. The second-order valence-electron chi connectivity index (χ2n) is 7.74. The molecule has 2 spiro atoms. The Balaban J connectivity index is 1.62. The first-order valence-electron chi connectivity index (χ1n) is 9.18. The smallest absolute Gasteiger partial charge is 0.305 e. The van der Waals surface area contributed by atoms with Crippen molar-refractivity contribution in [1.29, 1.82) is 0 Å². The van der Waals surface area contributed by atoms with Crippen molar-refractivity contribution in [2.24, 2.45) is 17.3 Å². The Bertz CT molecular complexity index is 494. The number of ether oxygens (including phenoxy) is 5. The number of hydrogen-bond donors (Lipinski definition) is 0. The van der Waals surface area contributed by atoms with Gasteiger partial charge < -0.3 is 23.7 Å². The molecule has 4 fully saturated rings. The molecule has 4 rings (SSSR count). The van der Waals surface area contributed by atoms with E-state index in [1.165, 1.54) is 7.11 Å². The summed E-state index contributed by atoms with van der Waals surface area (Å²) in [7, 11) is 1.44. The summed E-state index contributed by atoms with van der Waals surface area (Å²) in [5.74, 6) is -0.627. The van der Waals surface area contributed by atoms with Crippen molar-refractivity contribution in [3.8, 4) is 0 Å². The molecule has 136 valence electrons. The molecular weight excluding hydrogens is 312 g/mol. The number of carbonyl (C=O) groups excluding carboxylic acids is 1. The predicted molar refractivity (Wildman–Crippen MR) is 84.1 cm³/mol. The summed E-state index contributed by atoms with van der Waals surface area (Å²) in [5, 5.41) is 0. The fourth-order valence-corrected chi connectivity index (χ4v) is 5.73. The number of hydrogen-bond acceptors (Lipinski definition) is 6. The van der Waals surface area contributed by atoms with Gasteiger partial charge >= 0.3 is 5.97 Å². The van der Waals surface area contributed by atoms with Crippen LogP contribution in [-0.4, -0.2) is 51.1 Å². The third-order valence-electron chi connectivity index (χ3n) is 6.93. The first kappa shape index (κ1) is 16.8. The molecule has 0 aromatic carbocycles. The van der Waals surface area contributed by atoms with E-state index in [2.05, 4.69) is 6.92 Å². The number of carbonyl (C=O) groups is 1. The van der Waals surface area contributed by atoms with Gasteiger partial charge in [-0.25, -0.2) is 0 Å². The van der Waals surface area contributed by atoms with E-state index in [0.717, 1.165) is 32.1 Å². The van der Waals surface area contributed by atoms with Gasteiger partial charge in [0.1, 0.15) is 0 Å². The zero-order chi connectivity index (χ0) is 16.8. The average molecular weight is 340 g/mol. The van der Waals surface area contributed by atoms with E-state index in [0.29, 0.717) is 38.8 Å². The highest BCUT2D eigenvalue weighted by Gasteiger charge is 2.68. The zero-order valence-corrected chi connectivity index (χ0v) is 14.7. The molecule has 0 aromatic rings. The molecule has 2 aliphatic heterocycles. The summed E-state index contributed by atoms with van der Waals surface area (Å²) in [6.07, 6.45) is 4.86. The van der Waals surface area contributed by atoms with Crippen LogP contribution in [0.4, 0.5) is 0 Å². The van der Waals surface area contributed by atoms with Crippen molar-refractivity contribution in [2.75, 3.05) is 33.5 Å². The first-order valence-corrected chi connectivity index (χ1v) is 9.18. The van der Waals surface area contributed by atoms with Crippen LogP contribution in [0.3, 0.4) is 0 Å². The van der Waals surface area contributed by atoms with Crippen LogP contribution in [0.15, 0.2) is 0 Å². The van der Waals surface area contributed by atoms with Gasteiger partial charge in [0.05, 0.1) is 33.5 Å². The maximum atomic E-state index is 11.7. The molecule has 0 bridgehead atoms. The Morgan fingerprint density at radius 3 is 2.38 bits per heavy atom. The van der Waals surface area contributed by atoms with Crippen LogP contribution in [0.1, 0.15) is 45.4 Å². The second-order valence-corrected chi connectivity index (χ2v) is 7.74. The third-order valence-corrected chi connectivity index (χ3v) is 6.93. The van der Waals surface area contributed by atoms with Gasteiger partial charge in [-0.3, -0.25) is 4.79 Å². The van der Waals surface area contributed by atoms with Gasteiger partial charge in [0, 0.05) is 30.6 Å². The highest BCUT2D eigenvalue weighted by atomic mass is 16.7. The van der Waals surface area contributed by atoms with Crippen LogP contribution < -0.4 is 0 Å². The molecule has 0 unspecified atom stereocenters. The molecule has 2 aliphatic carbocycles. The van der Waals surface area contributed by atoms with Crippen molar-refractivity contribution >= 4 is 5.97 Å². The van der Waals surface area contributed by atoms with Crippen LogP contribution in [0.5, 0.6) is 0 Å². The van der Waals surface area contributed by atoms with Gasteiger partial charge in [-0.05, 0) is 25.2 Å². The zero-order valence-electron chi connectivity index (χ0n) is 14.7. The number of rotatable bonds is 3. The van der Waals surface area contributed by atoms with E-state index >= 15 is 0 Å². The van der Waals surface area contributed by atoms with Gasteiger partial charge in [0.25, 0.3) is 0 Å². The summed E-state index contributed by atoms with van der Waals surface area (Å²) in [5.41, 5.74) is -0.0507. The minimum atomic E-state index is -0.539. The molecule has 0 aromatic heterocycles. The molecule has 2 heterocycles. The minimum absolute atomic E-state index is 0.0507. The molecule has 3 atom stereocenters. The second kappa shape index (κ2) is 5.94. The average Bonchev–Trinajstić information content (AvgIpc) is 3.30. The Labute approximate surface area is 143 Å². The van der Waals surface area contributed by atoms with Crippen molar-refractivity contribution in [1.82, 2.24) is 0 Å². The van der Waals surface area contributed by atoms with E-state index in [1.807, 2.05) is 0 Å². The lowest BCUT2D eigenvalue weighted by molar-refractivity contribution is -0.288. The lowest BCUT2D eigenvalue weighted by Crippen LogP contribution is -2.57. The van der Waals surface area contributed by atoms with Gasteiger partial charge in [0.2, 0.25) is 0 Å². The molecule has 24 heavy (non-hydrogen) atoms. The van der Waals surface area contributed by atoms with Gasteiger partial charge in [-0.1, -0.05) is 6.92 Å². The number of methoxy groups -OCH3 is 1. The van der Waals surface area contributed by atoms with Gasteiger partial charge in [-0.2, -0.15) is 0 Å². The molecule has 0 amide bonds. The molecular formula is C18H28O6. The lowest BCUT2D eigenvalue weighted by Gasteiger charge is -2.53. The SMILES string of the molecule is COC(=O)CC[C@H]1[C@@H]2CCC3(OCCO3)[C@@]2(C)CCC12OCCO2. The highest BCUT2D eigenvalue weighted by molar-refractivity contribution is 5.69. The van der Waals surface area contributed by atoms with E-state index in [9.17, 15) is 4.79 Å². The van der Waals surface area contributed by atoms with E-state index in [1.54, 1.807) is 0 Å². The Morgan fingerprint density at radius 1 is 1.04 bits per heavy atom. The molecule has 0 radical (unpaired) electrons. The highest BCUT2D eigenvalue weighted by Crippen LogP contribution is 2.65. The minimum Gasteiger partial charge on any atom is -0.469 e. The van der Waals surface area contributed by atoms with Crippen molar-refractivity contribution in [2.45, 2.75) is 57.0 Å². The quantitative estimate of drug-likeness (QED) is 0.734. The van der Waals surface area contributed by atoms with Crippen molar-refractivity contribution in [3.05, 3.63) is 0 Å². The van der Waals surface area contributed by atoms with Crippen LogP contribution in [0, 0.1) is 17.3 Å². The van der Waals surface area contributed by atoms with E-state index < -0.39 is 11.6 Å². The molecule has 2 saturated carbocycles. The summed E-state index contributed by atoms with van der Waals surface area (Å²) >= 11 is 0. The summed E-state index contributed by atoms with van der Waals surface area (Å²) in [4.78, 5) is 11.7. The summed E-state index contributed by atoms with van der Waals surface area (Å²) < 4.78 is 29.3. The molecule has 2 saturated heterocycles. The Hall–Kier alpha value is -0.690. The maximum absolute atomic E-state index is 11.7. The largest absolute Gasteiger partial charge is 0.469 e. The van der Waals surface area contributed by atoms with Crippen LogP contribution in [0.25, 0.3) is 0 Å². The van der Waals surface area contributed by atoms with Crippen molar-refractivity contribution < 1.29 is 28.5 Å². The fourth-order valence-electron chi connectivity index (χ4n) is 5.73. The van der Waals surface area contributed by atoms with E-state index in [4.69, 9.17) is 23.7 Å². The maximum Gasteiger partial charge on any atom is 0.305 e. The third kappa shape index (κ3) is 2.26. The van der Waals surface area contributed by atoms with Gasteiger partial charge in [-0.15, -0.1) is 0 Å². The Morgan fingerprint density at radius 2 is 1.71 bits per heavy atom. The number of fused-ring (bicyclic) bond motifs is 2. The van der Waals surface area contributed by atoms with E-state index in [-0.39, 0.29) is 17.3 Å². The lowest BCUT2D eigenvalue weighted by atomic mass is 9.59. The fraction of sp³-hybridized carbons (Fsp3) is 0.944. The summed E-state index contributed by atoms with van der Waals surface area (Å²) in [6.45, 7) is 4.91. The standard InChI is InChI=1S/C18H28O6/c1-16-7-8-17(21-9-10-22-17)14(3-4-15(19)20-2)13(16)5-6-18(16)23-11-12-24-18/h13-14H,3-12H2,1-2H3/t13-,14-,16-/m0/s1.